The summed E-state index contributed by atoms with van der Waals surface area (Å²) in [5.41, 5.74) is 1.11. The average molecular weight is 405 g/mol. The van der Waals surface area contributed by atoms with Gasteiger partial charge in [-0.1, -0.05) is 12.1 Å². The minimum atomic E-state index is 0.223. The minimum absolute atomic E-state index is 0.223. The lowest BCUT2D eigenvalue weighted by atomic mass is 10.1. The lowest BCUT2D eigenvalue weighted by Crippen LogP contribution is -2.34. The molecule has 0 aliphatic carbocycles. The molecule has 8 heteroatoms. The topological polar surface area (TPSA) is 67.8 Å². The molecule has 2 aromatic rings. The van der Waals surface area contributed by atoms with Crippen LogP contribution in [-0.2, 0) is 16.0 Å². The van der Waals surface area contributed by atoms with Gasteiger partial charge in [-0.15, -0.1) is 0 Å². The van der Waals surface area contributed by atoms with Crippen molar-refractivity contribution < 1.29 is 14.3 Å². The maximum atomic E-state index is 12.4. The van der Waals surface area contributed by atoms with Gasteiger partial charge in [-0.25, -0.2) is 4.98 Å². The van der Waals surface area contributed by atoms with Crippen molar-refractivity contribution in [3.63, 3.8) is 0 Å². The predicted octanol–water partition coefficient (Wildman–Crippen LogP) is 2.60. The molecule has 1 aliphatic heterocycles. The second kappa shape index (κ2) is 10.4. The number of likely N-dealkylation sites (tertiary alicyclic amines) is 1. The molecule has 28 heavy (non-hydrogen) atoms. The van der Waals surface area contributed by atoms with Crippen molar-refractivity contribution >= 4 is 22.6 Å². The van der Waals surface area contributed by atoms with Gasteiger partial charge in [-0.05, 0) is 30.5 Å². The first-order valence-electron chi connectivity index (χ1n) is 9.67. The fraction of sp³-hybridized carbons (Fsp3) is 0.550. The minimum Gasteiger partial charge on any atom is -0.497 e. The van der Waals surface area contributed by atoms with Crippen LogP contribution in [0.4, 0.5) is 5.13 Å². The third kappa shape index (κ3) is 5.65. The molecule has 0 atom stereocenters. The molecule has 152 valence electrons. The van der Waals surface area contributed by atoms with Crippen LogP contribution in [0.2, 0.25) is 0 Å². The summed E-state index contributed by atoms with van der Waals surface area (Å²) in [6.45, 7) is 3.69. The summed E-state index contributed by atoms with van der Waals surface area (Å²) in [4.78, 5) is 21.1. The molecule has 0 bridgehead atoms. The van der Waals surface area contributed by atoms with Crippen LogP contribution < -0.4 is 9.64 Å². The number of rotatable bonds is 10. The lowest BCUT2D eigenvalue weighted by Gasteiger charge is -2.22. The van der Waals surface area contributed by atoms with Crippen LogP contribution in [0.3, 0.4) is 0 Å². The van der Waals surface area contributed by atoms with E-state index < -0.39 is 0 Å². The zero-order valence-corrected chi connectivity index (χ0v) is 17.4. The van der Waals surface area contributed by atoms with Crippen LogP contribution in [0.5, 0.6) is 5.75 Å². The van der Waals surface area contributed by atoms with Gasteiger partial charge >= 0.3 is 0 Å². The molecule has 1 aromatic carbocycles. The molecule has 0 unspecified atom stereocenters. The highest BCUT2D eigenvalue weighted by atomic mass is 32.1. The average Bonchev–Trinajstić information content (AvgIpc) is 3.40. The summed E-state index contributed by atoms with van der Waals surface area (Å²) in [6.07, 6.45) is 3.37. The van der Waals surface area contributed by atoms with E-state index in [1.165, 1.54) is 11.5 Å². The second-order valence-corrected chi connectivity index (χ2v) is 7.57. The predicted molar refractivity (Wildman–Crippen MR) is 110 cm³/mol. The van der Waals surface area contributed by atoms with E-state index in [1.807, 2.05) is 29.2 Å². The van der Waals surface area contributed by atoms with E-state index in [0.29, 0.717) is 32.5 Å². The zero-order valence-electron chi connectivity index (χ0n) is 16.6. The van der Waals surface area contributed by atoms with Crippen LogP contribution in [0, 0.1) is 0 Å². The van der Waals surface area contributed by atoms with Crippen LogP contribution in [0.25, 0.3) is 0 Å². The van der Waals surface area contributed by atoms with Crippen molar-refractivity contribution in [1.29, 1.82) is 0 Å². The SMILES string of the molecule is COCCN(CCC(=O)N1CCCC1)c1nc(Cc2cccc(OC)c2)ns1. The van der Waals surface area contributed by atoms with E-state index in [1.54, 1.807) is 14.2 Å². The molecule has 0 N–H and O–H groups in total. The molecule has 7 nitrogen and oxygen atoms in total. The van der Waals surface area contributed by atoms with Gasteiger partial charge in [0.1, 0.15) is 11.6 Å². The molecule has 0 spiro atoms. The van der Waals surface area contributed by atoms with Crippen molar-refractivity contribution in [2.24, 2.45) is 0 Å². The highest BCUT2D eigenvalue weighted by Crippen LogP contribution is 2.21. The summed E-state index contributed by atoms with van der Waals surface area (Å²) in [7, 11) is 3.34. The standard InChI is InChI=1S/C20H28N4O3S/c1-26-13-12-24(11-8-19(25)23-9-3-4-10-23)20-21-18(22-28-20)15-16-6-5-7-17(14-16)27-2/h5-7,14H,3-4,8-13,15H2,1-2H3. The van der Waals surface area contributed by atoms with Gasteiger partial charge in [-0.3, -0.25) is 4.79 Å². The highest BCUT2D eigenvalue weighted by molar-refractivity contribution is 7.09. The Hall–Kier alpha value is -2.19. The van der Waals surface area contributed by atoms with Gasteiger partial charge in [0.25, 0.3) is 0 Å². The third-order valence-electron chi connectivity index (χ3n) is 4.84. The number of hydrogen-bond acceptors (Lipinski definition) is 7. The number of ether oxygens (including phenoxy) is 2. The molecule has 1 aliphatic rings. The Morgan fingerprint density at radius 3 is 2.82 bits per heavy atom. The Morgan fingerprint density at radius 1 is 1.25 bits per heavy atom. The maximum absolute atomic E-state index is 12.4. The van der Waals surface area contributed by atoms with E-state index in [2.05, 4.69) is 9.27 Å². The van der Waals surface area contributed by atoms with Gasteiger partial charge < -0.3 is 19.3 Å². The quantitative estimate of drug-likeness (QED) is 0.606. The first kappa shape index (κ1) is 20.5. The van der Waals surface area contributed by atoms with Crippen molar-refractivity contribution in [2.45, 2.75) is 25.7 Å². The Labute approximate surface area is 170 Å². The molecule has 2 heterocycles. The molecule has 1 aromatic heterocycles. The first-order valence-corrected chi connectivity index (χ1v) is 10.4. The molecule has 1 amide bonds. The van der Waals surface area contributed by atoms with Crippen LogP contribution in [0.1, 0.15) is 30.7 Å². The lowest BCUT2D eigenvalue weighted by molar-refractivity contribution is -0.129. The van der Waals surface area contributed by atoms with Crippen LogP contribution in [0.15, 0.2) is 24.3 Å². The summed E-state index contributed by atoms with van der Waals surface area (Å²) < 4.78 is 15.0. The van der Waals surface area contributed by atoms with Crippen molar-refractivity contribution in [3.05, 3.63) is 35.7 Å². The Kier molecular flexibility index (Phi) is 7.62. The van der Waals surface area contributed by atoms with Gasteiger partial charge in [0.15, 0.2) is 0 Å². The zero-order chi connectivity index (χ0) is 19.8. The number of methoxy groups -OCH3 is 2. The molecule has 3 rings (SSSR count). The fourth-order valence-corrected chi connectivity index (χ4v) is 4.01. The molecule has 0 saturated carbocycles. The number of aromatic nitrogens is 2. The normalized spacial score (nSPS) is 13.7. The smallest absolute Gasteiger partial charge is 0.224 e. The molecular weight excluding hydrogens is 376 g/mol. The molecule has 0 radical (unpaired) electrons. The molecule has 1 saturated heterocycles. The number of hydrogen-bond donors (Lipinski definition) is 0. The number of amides is 1. The van der Waals surface area contributed by atoms with Gasteiger partial charge in [0, 0.05) is 57.7 Å². The molecule has 1 fully saturated rings. The Balaban J connectivity index is 1.62. The number of carbonyl (C=O) groups is 1. The summed E-state index contributed by atoms with van der Waals surface area (Å²) in [5.74, 6) is 1.83. The van der Waals surface area contributed by atoms with Crippen molar-refractivity contribution in [1.82, 2.24) is 14.3 Å². The number of nitrogens with zero attached hydrogens (tertiary/aromatic N) is 4. The molecular formula is C20H28N4O3S. The Morgan fingerprint density at radius 2 is 2.07 bits per heavy atom. The summed E-state index contributed by atoms with van der Waals surface area (Å²) in [5, 5.41) is 0.837. The van der Waals surface area contributed by atoms with E-state index in [0.717, 1.165) is 48.2 Å². The highest BCUT2D eigenvalue weighted by Gasteiger charge is 2.20. The van der Waals surface area contributed by atoms with Crippen molar-refractivity contribution in [3.8, 4) is 5.75 Å². The third-order valence-corrected chi connectivity index (χ3v) is 5.66. The van der Waals surface area contributed by atoms with E-state index in [9.17, 15) is 4.79 Å². The largest absolute Gasteiger partial charge is 0.497 e. The first-order chi connectivity index (χ1) is 13.7. The van der Waals surface area contributed by atoms with Gasteiger partial charge in [0.2, 0.25) is 11.0 Å². The second-order valence-electron chi connectivity index (χ2n) is 6.84. The van der Waals surface area contributed by atoms with E-state index >= 15 is 0 Å². The van der Waals surface area contributed by atoms with Crippen molar-refractivity contribution in [2.75, 3.05) is 51.9 Å². The van der Waals surface area contributed by atoms with Crippen LogP contribution >= 0.6 is 11.5 Å². The van der Waals surface area contributed by atoms with Gasteiger partial charge in [0.05, 0.1) is 13.7 Å². The summed E-state index contributed by atoms with van der Waals surface area (Å²) >= 11 is 1.37. The number of carbonyl (C=O) groups excluding carboxylic acids is 1. The summed E-state index contributed by atoms with van der Waals surface area (Å²) in [6, 6.07) is 7.93. The monoisotopic (exact) mass is 404 g/mol. The van der Waals surface area contributed by atoms with E-state index in [4.69, 9.17) is 14.5 Å². The van der Waals surface area contributed by atoms with Crippen LogP contribution in [-0.4, -0.2) is 67.2 Å². The maximum Gasteiger partial charge on any atom is 0.224 e. The Bertz CT molecular complexity index is 761. The number of anilines is 1. The van der Waals surface area contributed by atoms with Gasteiger partial charge in [-0.2, -0.15) is 4.37 Å². The fourth-order valence-electron chi connectivity index (χ4n) is 3.27. The number of benzene rings is 1. The van der Waals surface area contributed by atoms with E-state index in [-0.39, 0.29) is 5.91 Å².